The molecule has 0 bridgehead atoms. The highest BCUT2D eigenvalue weighted by Crippen LogP contribution is 2.18. The average Bonchev–Trinajstić information content (AvgIpc) is 1.85. The predicted octanol–water partition coefficient (Wildman–Crippen LogP) is 1.48. The van der Waals surface area contributed by atoms with Crippen molar-refractivity contribution in [3.63, 3.8) is 0 Å². The molecule has 0 spiro atoms. The molecule has 0 aliphatic carbocycles. The van der Waals surface area contributed by atoms with E-state index < -0.39 is 0 Å². The van der Waals surface area contributed by atoms with Crippen LogP contribution in [-0.4, -0.2) is 12.3 Å². The Hall–Kier alpha value is -0.790. The van der Waals surface area contributed by atoms with Crippen LogP contribution < -0.4 is 5.32 Å². The second-order valence-corrected chi connectivity index (χ2v) is 3.29. The van der Waals surface area contributed by atoms with Crippen molar-refractivity contribution in [2.45, 2.75) is 27.2 Å². The van der Waals surface area contributed by atoms with Crippen molar-refractivity contribution in [3.05, 3.63) is 11.3 Å². The summed E-state index contributed by atoms with van der Waals surface area (Å²) in [5, 5.41) is 3.20. The highest BCUT2D eigenvalue weighted by Gasteiger charge is 2.19. The van der Waals surface area contributed by atoms with E-state index in [1.54, 1.807) is 0 Å². The fourth-order valence-electron chi connectivity index (χ4n) is 1.56. The van der Waals surface area contributed by atoms with E-state index in [4.69, 9.17) is 0 Å². The number of hydrogen-bond acceptors (Lipinski definition) is 2. The average molecular weight is 153 g/mol. The molecule has 0 amide bonds. The van der Waals surface area contributed by atoms with Crippen molar-refractivity contribution in [2.24, 2.45) is 5.92 Å². The van der Waals surface area contributed by atoms with Gasteiger partial charge in [0, 0.05) is 24.2 Å². The van der Waals surface area contributed by atoms with Crippen LogP contribution in [0.2, 0.25) is 0 Å². The van der Waals surface area contributed by atoms with Crippen LogP contribution >= 0.6 is 0 Å². The van der Waals surface area contributed by atoms with Crippen LogP contribution in [0.15, 0.2) is 11.3 Å². The standard InChI is InChI=1S/C9H15NO/c1-6(2)9-7(3)10-5-4-8(9)11/h6,10H,4-5H2,1-3H3. The maximum atomic E-state index is 11.3. The number of ketones is 1. The highest BCUT2D eigenvalue weighted by molar-refractivity contribution is 5.97. The van der Waals surface area contributed by atoms with Gasteiger partial charge in [-0.3, -0.25) is 4.79 Å². The van der Waals surface area contributed by atoms with Gasteiger partial charge < -0.3 is 5.32 Å². The van der Waals surface area contributed by atoms with E-state index in [2.05, 4.69) is 19.2 Å². The molecular weight excluding hydrogens is 138 g/mol. The summed E-state index contributed by atoms with van der Waals surface area (Å²) >= 11 is 0. The predicted molar refractivity (Wildman–Crippen MR) is 45.2 cm³/mol. The minimum atomic E-state index is 0.316. The summed E-state index contributed by atoms with van der Waals surface area (Å²) < 4.78 is 0. The Bertz CT molecular complexity index is 204. The zero-order chi connectivity index (χ0) is 8.43. The van der Waals surface area contributed by atoms with Crippen LogP contribution in [0.25, 0.3) is 0 Å². The first kappa shape index (κ1) is 8.31. The van der Waals surface area contributed by atoms with Gasteiger partial charge in [0.2, 0.25) is 0 Å². The minimum absolute atomic E-state index is 0.316. The van der Waals surface area contributed by atoms with Gasteiger partial charge in [0.25, 0.3) is 0 Å². The Morgan fingerprint density at radius 1 is 1.45 bits per heavy atom. The number of Topliss-reactive ketones (excluding diaryl/α,β-unsaturated/α-hetero) is 1. The van der Waals surface area contributed by atoms with Gasteiger partial charge >= 0.3 is 0 Å². The van der Waals surface area contributed by atoms with Crippen LogP contribution in [-0.2, 0) is 4.79 Å². The van der Waals surface area contributed by atoms with E-state index in [1.807, 2.05) is 6.92 Å². The van der Waals surface area contributed by atoms with Gasteiger partial charge in [-0.1, -0.05) is 13.8 Å². The first-order valence-corrected chi connectivity index (χ1v) is 4.10. The molecule has 0 aromatic carbocycles. The molecule has 0 radical (unpaired) electrons. The highest BCUT2D eigenvalue weighted by atomic mass is 16.1. The van der Waals surface area contributed by atoms with Gasteiger partial charge in [-0.15, -0.1) is 0 Å². The Labute approximate surface area is 67.7 Å². The molecule has 1 N–H and O–H groups in total. The van der Waals surface area contributed by atoms with Crippen LogP contribution in [0.1, 0.15) is 27.2 Å². The van der Waals surface area contributed by atoms with Crippen molar-refractivity contribution in [2.75, 3.05) is 6.54 Å². The lowest BCUT2D eigenvalue weighted by molar-refractivity contribution is -0.116. The SMILES string of the molecule is CC1=C(C(C)C)C(=O)CCN1. The summed E-state index contributed by atoms with van der Waals surface area (Å²) in [4.78, 5) is 11.3. The van der Waals surface area contributed by atoms with E-state index in [9.17, 15) is 4.79 Å². The largest absolute Gasteiger partial charge is 0.388 e. The third-order valence-corrected chi connectivity index (χ3v) is 2.02. The molecule has 0 fully saturated rings. The lowest BCUT2D eigenvalue weighted by atomic mass is 9.93. The van der Waals surface area contributed by atoms with Gasteiger partial charge in [0.1, 0.15) is 0 Å². The molecule has 2 nitrogen and oxygen atoms in total. The zero-order valence-electron chi connectivity index (χ0n) is 7.40. The van der Waals surface area contributed by atoms with Crippen LogP contribution in [0.3, 0.4) is 0 Å². The number of rotatable bonds is 1. The molecular formula is C9H15NO. The second kappa shape index (κ2) is 3.07. The van der Waals surface area contributed by atoms with Gasteiger partial charge in [-0.05, 0) is 12.8 Å². The van der Waals surface area contributed by atoms with E-state index in [0.29, 0.717) is 18.1 Å². The molecule has 0 aromatic rings. The lowest BCUT2D eigenvalue weighted by Gasteiger charge is -2.20. The molecule has 11 heavy (non-hydrogen) atoms. The van der Waals surface area contributed by atoms with Crippen molar-refractivity contribution in [3.8, 4) is 0 Å². The van der Waals surface area contributed by atoms with Crippen molar-refractivity contribution in [1.29, 1.82) is 0 Å². The van der Waals surface area contributed by atoms with E-state index in [1.165, 1.54) is 0 Å². The fourth-order valence-corrected chi connectivity index (χ4v) is 1.56. The fraction of sp³-hybridized carbons (Fsp3) is 0.667. The molecule has 62 valence electrons. The first-order chi connectivity index (χ1) is 5.13. The number of carbonyl (C=O) groups excluding carboxylic acids is 1. The normalized spacial score (nSPS) is 19.1. The summed E-state index contributed by atoms with van der Waals surface area (Å²) in [6, 6.07) is 0. The Kier molecular flexibility index (Phi) is 2.32. The molecule has 0 saturated carbocycles. The van der Waals surface area contributed by atoms with Gasteiger partial charge in [-0.2, -0.15) is 0 Å². The molecule has 1 heterocycles. The molecule has 0 unspecified atom stereocenters. The Morgan fingerprint density at radius 2 is 2.09 bits per heavy atom. The quantitative estimate of drug-likeness (QED) is 0.618. The van der Waals surface area contributed by atoms with E-state index in [-0.39, 0.29) is 0 Å². The van der Waals surface area contributed by atoms with Crippen molar-refractivity contribution >= 4 is 5.78 Å². The zero-order valence-corrected chi connectivity index (χ0v) is 7.40. The van der Waals surface area contributed by atoms with Crippen LogP contribution in [0, 0.1) is 5.92 Å². The Morgan fingerprint density at radius 3 is 2.45 bits per heavy atom. The number of allylic oxidation sites excluding steroid dienone is 2. The van der Waals surface area contributed by atoms with Crippen LogP contribution in [0.5, 0.6) is 0 Å². The topological polar surface area (TPSA) is 29.1 Å². The third kappa shape index (κ3) is 1.62. The molecule has 1 aliphatic heterocycles. The number of nitrogens with one attached hydrogen (secondary N) is 1. The third-order valence-electron chi connectivity index (χ3n) is 2.02. The summed E-state index contributed by atoms with van der Waals surface area (Å²) in [5.41, 5.74) is 2.05. The van der Waals surface area contributed by atoms with Gasteiger partial charge in [-0.25, -0.2) is 0 Å². The molecule has 0 aromatic heterocycles. The first-order valence-electron chi connectivity index (χ1n) is 4.10. The maximum absolute atomic E-state index is 11.3. The van der Waals surface area contributed by atoms with Crippen LogP contribution in [0.4, 0.5) is 0 Å². The number of hydrogen-bond donors (Lipinski definition) is 1. The molecule has 1 rings (SSSR count). The molecule has 0 atom stereocenters. The molecule has 2 heteroatoms. The minimum Gasteiger partial charge on any atom is -0.388 e. The van der Waals surface area contributed by atoms with E-state index >= 15 is 0 Å². The summed E-state index contributed by atoms with van der Waals surface area (Å²) in [7, 11) is 0. The monoisotopic (exact) mass is 153 g/mol. The van der Waals surface area contributed by atoms with Gasteiger partial charge in [0.05, 0.1) is 0 Å². The summed E-state index contributed by atoms with van der Waals surface area (Å²) in [6.45, 7) is 6.90. The molecule has 1 aliphatic rings. The smallest absolute Gasteiger partial charge is 0.162 e. The lowest BCUT2D eigenvalue weighted by Crippen LogP contribution is -2.28. The Balaban J connectivity index is 2.91. The maximum Gasteiger partial charge on any atom is 0.162 e. The second-order valence-electron chi connectivity index (χ2n) is 3.29. The number of carbonyl (C=O) groups is 1. The van der Waals surface area contributed by atoms with Gasteiger partial charge in [0.15, 0.2) is 5.78 Å². The molecule has 0 saturated heterocycles. The summed E-state index contributed by atoms with van der Waals surface area (Å²) in [5.74, 6) is 0.673. The van der Waals surface area contributed by atoms with Crippen molar-refractivity contribution < 1.29 is 4.79 Å². The van der Waals surface area contributed by atoms with E-state index in [0.717, 1.165) is 17.8 Å². The summed E-state index contributed by atoms with van der Waals surface area (Å²) in [6.07, 6.45) is 0.658. The van der Waals surface area contributed by atoms with Crippen molar-refractivity contribution in [1.82, 2.24) is 5.32 Å².